The predicted octanol–water partition coefficient (Wildman–Crippen LogP) is 3.76. The SMILES string of the molecule is C[C@@H](c1cccnc1)N1CCC[C@@H](c2cc(C(F)(F)F)n[nH]2)C1. The molecule has 2 aromatic heterocycles. The van der Waals surface area contributed by atoms with Gasteiger partial charge in [0.2, 0.25) is 0 Å². The highest BCUT2D eigenvalue weighted by Gasteiger charge is 2.35. The van der Waals surface area contributed by atoms with Crippen LogP contribution in [0.15, 0.2) is 30.6 Å². The molecule has 3 heterocycles. The zero-order valence-corrected chi connectivity index (χ0v) is 12.8. The van der Waals surface area contributed by atoms with Crippen molar-refractivity contribution < 1.29 is 13.2 Å². The molecule has 7 heteroatoms. The third-order valence-corrected chi connectivity index (χ3v) is 4.50. The number of nitrogens with zero attached hydrogens (tertiary/aromatic N) is 3. The predicted molar refractivity (Wildman–Crippen MR) is 79.8 cm³/mol. The van der Waals surface area contributed by atoms with Gasteiger partial charge in [0, 0.05) is 36.6 Å². The Balaban J connectivity index is 1.72. The second kappa shape index (κ2) is 6.31. The average Bonchev–Trinajstić information content (AvgIpc) is 3.05. The van der Waals surface area contributed by atoms with E-state index in [1.165, 1.54) is 0 Å². The topological polar surface area (TPSA) is 44.8 Å². The Morgan fingerprint density at radius 2 is 2.22 bits per heavy atom. The molecule has 0 aromatic carbocycles. The first-order chi connectivity index (χ1) is 10.9. The Labute approximate surface area is 132 Å². The minimum atomic E-state index is -4.40. The molecule has 4 nitrogen and oxygen atoms in total. The van der Waals surface area contributed by atoms with Crippen LogP contribution in [0, 0.1) is 0 Å². The van der Waals surface area contributed by atoms with Gasteiger partial charge >= 0.3 is 6.18 Å². The number of halogens is 3. The van der Waals surface area contributed by atoms with E-state index in [9.17, 15) is 13.2 Å². The maximum Gasteiger partial charge on any atom is 0.435 e. The van der Waals surface area contributed by atoms with Crippen molar-refractivity contribution in [3.63, 3.8) is 0 Å². The summed E-state index contributed by atoms with van der Waals surface area (Å²) in [6.45, 7) is 3.76. The van der Waals surface area contributed by atoms with Gasteiger partial charge in [-0.25, -0.2) is 0 Å². The van der Waals surface area contributed by atoms with Crippen molar-refractivity contribution in [2.75, 3.05) is 13.1 Å². The van der Waals surface area contributed by atoms with Gasteiger partial charge in [-0.1, -0.05) is 6.07 Å². The van der Waals surface area contributed by atoms with Crippen molar-refractivity contribution in [1.82, 2.24) is 20.1 Å². The number of rotatable bonds is 3. The molecular weight excluding hydrogens is 305 g/mol. The van der Waals surface area contributed by atoms with E-state index >= 15 is 0 Å². The summed E-state index contributed by atoms with van der Waals surface area (Å²) in [5.41, 5.74) is 0.846. The first-order valence-electron chi connectivity index (χ1n) is 7.71. The van der Waals surface area contributed by atoms with Gasteiger partial charge in [-0.15, -0.1) is 0 Å². The van der Waals surface area contributed by atoms with Crippen LogP contribution >= 0.6 is 0 Å². The molecule has 0 radical (unpaired) electrons. The lowest BCUT2D eigenvalue weighted by molar-refractivity contribution is -0.141. The summed E-state index contributed by atoms with van der Waals surface area (Å²) in [6, 6.07) is 5.26. The van der Waals surface area contributed by atoms with Crippen molar-refractivity contribution in [2.24, 2.45) is 0 Å². The maximum absolute atomic E-state index is 12.7. The Morgan fingerprint density at radius 1 is 1.39 bits per heavy atom. The number of pyridine rings is 1. The van der Waals surface area contributed by atoms with Crippen LogP contribution in [-0.4, -0.2) is 33.2 Å². The van der Waals surface area contributed by atoms with Gasteiger partial charge in [-0.2, -0.15) is 18.3 Å². The van der Waals surface area contributed by atoms with Gasteiger partial charge in [0.25, 0.3) is 0 Å². The molecule has 1 N–H and O–H groups in total. The number of nitrogens with one attached hydrogen (secondary N) is 1. The van der Waals surface area contributed by atoms with E-state index in [1.807, 2.05) is 18.3 Å². The highest BCUT2D eigenvalue weighted by Crippen LogP contribution is 2.34. The van der Waals surface area contributed by atoms with Crippen LogP contribution in [-0.2, 0) is 6.18 Å². The smallest absolute Gasteiger partial charge is 0.296 e. The maximum atomic E-state index is 12.7. The minimum absolute atomic E-state index is 0.0477. The summed E-state index contributed by atoms with van der Waals surface area (Å²) in [7, 11) is 0. The van der Waals surface area contributed by atoms with Crippen LogP contribution in [0.1, 0.15) is 48.7 Å². The molecule has 0 unspecified atom stereocenters. The molecule has 0 spiro atoms. The van der Waals surface area contributed by atoms with E-state index < -0.39 is 11.9 Å². The molecule has 3 rings (SSSR count). The fourth-order valence-electron chi connectivity index (χ4n) is 3.14. The third kappa shape index (κ3) is 3.55. The standard InChI is InChI=1S/C16H19F3N4/c1-11(12-4-2-6-20-9-12)23-7-3-5-13(10-23)14-8-15(22-21-14)16(17,18)19/h2,4,6,8-9,11,13H,3,5,7,10H2,1H3,(H,21,22)/t11-,13+/m0/s1. The number of hydrogen-bond donors (Lipinski definition) is 1. The summed E-state index contributed by atoms with van der Waals surface area (Å²) in [6.07, 6.45) is 1.00. The van der Waals surface area contributed by atoms with Crippen molar-refractivity contribution in [3.8, 4) is 0 Å². The third-order valence-electron chi connectivity index (χ3n) is 4.50. The molecule has 0 amide bonds. The van der Waals surface area contributed by atoms with Crippen LogP contribution in [0.3, 0.4) is 0 Å². The van der Waals surface area contributed by atoms with Gasteiger partial charge in [0.15, 0.2) is 5.69 Å². The lowest BCUT2D eigenvalue weighted by atomic mass is 9.93. The van der Waals surface area contributed by atoms with Crippen molar-refractivity contribution >= 4 is 0 Å². The zero-order valence-electron chi connectivity index (χ0n) is 12.8. The number of aromatic nitrogens is 3. The Hall–Kier alpha value is -1.89. The van der Waals surface area contributed by atoms with Gasteiger partial charge in [-0.05, 0) is 44.0 Å². The molecule has 1 aliphatic rings. The van der Waals surface area contributed by atoms with E-state index in [4.69, 9.17) is 0 Å². The molecule has 1 fully saturated rings. The molecule has 0 aliphatic carbocycles. The summed E-state index contributed by atoms with van der Waals surface area (Å²) in [5.74, 6) is 0.0477. The summed E-state index contributed by atoms with van der Waals surface area (Å²) in [5, 5.41) is 5.98. The normalized spacial score (nSPS) is 21.3. The summed E-state index contributed by atoms with van der Waals surface area (Å²) >= 11 is 0. The summed E-state index contributed by atoms with van der Waals surface area (Å²) < 4.78 is 38.1. The fourth-order valence-corrected chi connectivity index (χ4v) is 3.14. The summed E-state index contributed by atoms with van der Waals surface area (Å²) in [4.78, 5) is 6.43. The fraction of sp³-hybridized carbons (Fsp3) is 0.500. The largest absolute Gasteiger partial charge is 0.435 e. The molecule has 0 saturated carbocycles. The number of H-pyrrole nitrogens is 1. The van der Waals surface area contributed by atoms with Crippen LogP contribution < -0.4 is 0 Å². The van der Waals surface area contributed by atoms with E-state index in [2.05, 4.69) is 27.0 Å². The molecule has 0 bridgehead atoms. The van der Waals surface area contributed by atoms with E-state index in [-0.39, 0.29) is 12.0 Å². The molecule has 124 valence electrons. The van der Waals surface area contributed by atoms with E-state index in [0.29, 0.717) is 5.69 Å². The van der Waals surface area contributed by atoms with Crippen molar-refractivity contribution in [2.45, 2.75) is 37.9 Å². The van der Waals surface area contributed by atoms with Gasteiger partial charge in [0.1, 0.15) is 0 Å². The number of hydrogen-bond acceptors (Lipinski definition) is 3. The van der Waals surface area contributed by atoms with E-state index in [1.54, 1.807) is 6.20 Å². The molecule has 2 aromatic rings. The average molecular weight is 324 g/mol. The zero-order chi connectivity index (χ0) is 16.4. The molecule has 23 heavy (non-hydrogen) atoms. The Morgan fingerprint density at radius 3 is 2.87 bits per heavy atom. The molecular formula is C16H19F3N4. The number of alkyl halides is 3. The molecule has 1 saturated heterocycles. The highest BCUT2D eigenvalue weighted by atomic mass is 19.4. The lowest BCUT2D eigenvalue weighted by Crippen LogP contribution is -2.36. The first-order valence-corrected chi connectivity index (χ1v) is 7.71. The number of aromatic amines is 1. The van der Waals surface area contributed by atoms with Crippen LogP contribution in [0.2, 0.25) is 0 Å². The quantitative estimate of drug-likeness (QED) is 0.935. The Bertz CT molecular complexity index is 638. The highest BCUT2D eigenvalue weighted by molar-refractivity contribution is 5.18. The molecule has 1 aliphatic heterocycles. The second-order valence-corrected chi connectivity index (χ2v) is 6.00. The second-order valence-electron chi connectivity index (χ2n) is 6.00. The van der Waals surface area contributed by atoms with Gasteiger partial charge < -0.3 is 0 Å². The number of likely N-dealkylation sites (tertiary alicyclic amines) is 1. The van der Waals surface area contributed by atoms with Gasteiger partial charge in [0.05, 0.1) is 0 Å². The van der Waals surface area contributed by atoms with Gasteiger partial charge in [-0.3, -0.25) is 15.0 Å². The van der Waals surface area contributed by atoms with Crippen LogP contribution in [0.25, 0.3) is 0 Å². The monoisotopic (exact) mass is 324 g/mol. The van der Waals surface area contributed by atoms with Crippen LogP contribution in [0.4, 0.5) is 13.2 Å². The molecule has 2 atom stereocenters. The number of piperidine rings is 1. The van der Waals surface area contributed by atoms with E-state index in [0.717, 1.165) is 37.6 Å². The van der Waals surface area contributed by atoms with Crippen molar-refractivity contribution in [1.29, 1.82) is 0 Å². The van der Waals surface area contributed by atoms with Crippen LogP contribution in [0.5, 0.6) is 0 Å². The Kier molecular flexibility index (Phi) is 4.39. The van der Waals surface area contributed by atoms with Crippen molar-refractivity contribution in [3.05, 3.63) is 47.5 Å². The first kappa shape index (κ1) is 16.0. The minimum Gasteiger partial charge on any atom is -0.296 e. The lowest BCUT2D eigenvalue weighted by Gasteiger charge is -2.36.